The van der Waals surface area contributed by atoms with Crippen LogP contribution in [0.2, 0.25) is 0 Å². The maximum absolute atomic E-state index is 5.76. The first kappa shape index (κ1) is 5.85. The van der Waals surface area contributed by atoms with Crippen LogP contribution >= 0.6 is 0 Å². The summed E-state index contributed by atoms with van der Waals surface area (Å²) in [5.74, 6) is 1.24. The van der Waals surface area contributed by atoms with Crippen molar-refractivity contribution in [2.45, 2.75) is 18.9 Å². The predicted octanol–water partition coefficient (Wildman–Crippen LogP) is 0.479. The van der Waals surface area contributed by atoms with Crippen LogP contribution in [0.15, 0.2) is 10.9 Å². The molecule has 0 aliphatic heterocycles. The molecule has 1 heterocycles. The Morgan fingerprint density at radius 1 is 1.70 bits per heavy atom. The second-order valence-corrected chi connectivity index (χ2v) is 2.65. The van der Waals surface area contributed by atoms with E-state index in [0.29, 0.717) is 11.7 Å². The first-order valence-corrected chi connectivity index (χ1v) is 3.40. The molecule has 10 heavy (non-hydrogen) atoms. The summed E-state index contributed by atoms with van der Waals surface area (Å²) in [6.45, 7) is 0. The molecule has 54 valence electrons. The molecule has 0 amide bonds. The average molecular weight is 139 g/mol. The highest BCUT2D eigenvalue weighted by molar-refractivity contribution is 4.96. The Kier molecular flexibility index (Phi) is 1.20. The summed E-state index contributed by atoms with van der Waals surface area (Å²) >= 11 is 0. The van der Waals surface area contributed by atoms with Crippen molar-refractivity contribution in [1.29, 1.82) is 0 Å². The Morgan fingerprint density at radius 2 is 2.50 bits per heavy atom. The minimum atomic E-state index is -0.00116. The molecule has 4 nitrogen and oxygen atoms in total. The van der Waals surface area contributed by atoms with E-state index in [1.165, 1.54) is 19.2 Å². The van der Waals surface area contributed by atoms with Crippen LogP contribution < -0.4 is 5.73 Å². The van der Waals surface area contributed by atoms with Gasteiger partial charge in [0.05, 0.1) is 6.04 Å². The average Bonchev–Trinajstić information content (AvgIpc) is 2.65. The number of rotatable bonds is 2. The monoisotopic (exact) mass is 139 g/mol. The summed E-state index contributed by atoms with van der Waals surface area (Å²) in [6, 6.07) is -0.00116. The van der Waals surface area contributed by atoms with E-state index >= 15 is 0 Å². The largest absolute Gasteiger partial charge is 0.343 e. The van der Waals surface area contributed by atoms with Crippen LogP contribution in [0.1, 0.15) is 24.7 Å². The van der Waals surface area contributed by atoms with E-state index < -0.39 is 0 Å². The molecule has 1 fully saturated rings. The summed E-state index contributed by atoms with van der Waals surface area (Å²) in [5.41, 5.74) is 5.76. The van der Waals surface area contributed by atoms with Crippen molar-refractivity contribution in [2.24, 2.45) is 11.7 Å². The molecule has 0 bridgehead atoms. The maximum atomic E-state index is 5.76. The molecule has 0 unspecified atom stereocenters. The molecule has 2 rings (SSSR count). The molecule has 0 spiro atoms. The molecule has 1 aromatic heterocycles. The molecule has 1 saturated carbocycles. The Balaban J connectivity index is 2.11. The SMILES string of the molecule is N[C@@H](c1ncon1)C1CC1. The summed E-state index contributed by atoms with van der Waals surface area (Å²) in [6.07, 6.45) is 3.73. The maximum Gasteiger partial charge on any atom is 0.213 e. The molecule has 4 heteroatoms. The fourth-order valence-corrected chi connectivity index (χ4v) is 0.992. The zero-order valence-corrected chi connectivity index (χ0v) is 5.53. The number of hydrogen-bond acceptors (Lipinski definition) is 4. The number of nitrogens with zero attached hydrogens (tertiary/aromatic N) is 2. The van der Waals surface area contributed by atoms with Gasteiger partial charge in [0.1, 0.15) is 0 Å². The molecule has 1 aliphatic rings. The van der Waals surface area contributed by atoms with Gasteiger partial charge in [-0.1, -0.05) is 5.16 Å². The van der Waals surface area contributed by atoms with Crippen LogP contribution in [-0.4, -0.2) is 10.1 Å². The van der Waals surface area contributed by atoms with E-state index in [1.807, 2.05) is 0 Å². The Morgan fingerprint density at radius 3 is 3.00 bits per heavy atom. The quantitative estimate of drug-likeness (QED) is 0.647. The lowest BCUT2D eigenvalue weighted by Crippen LogP contribution is -2.13. The summed E-state index contributed by atoms with van der Waals surface area (Å²) in [7, 11) is 0. The van der Waals surface area contributed by atoms with Crippen molar-refractivity contribution in [1.82, 2.24) is 10.1 Å². The zero-order chi connectivity index (χ0) is 6.97. The smallest absolute Gasteiger partial charge is 0.213 e. The van der Waals surface area contributed by atoms with Gasteiger partial charge in [0.2, 0.25) is 6.39 Å². The molecule has 1 aromatic rings. The third-order valence-corrected chi connectivity index (χ3v) is 1.81. The second-order valence-electron chi connectivity index (χ2n) is 2.65. The number of nitrogens with two attached hydrogens (primary N) is 1. The van der Waals surface area contributed by atoms with Crippen LogP contribution in [0.5, 0.6) is 0 Å². The van der Waals surface area contributed by atoms with Gasteiger partial charge in [-0.05, 0) is 18.8 Å². The van der Waals surface area contributed by atoms with E-state index in [1.54, 1.807) is 0 Å². The van der Waals surface area contributed by atoms with Crippen LogP contribution in [0, 0.1) is 5.92 Å². The predicted molar refractivity (Wildman–Crippen MR) is 34.0 cm³/mol. The van der Waals surface area contributed by atoms with E-state index in [-0.39, 0.29) is 6.04 Å². The lowest BCUT2D eigenvalue weighted by Gasteiger charge is -2.01. The normalized spacial score (nSPS) is 20.9. The first-order chi connectivity index (χ1) is 4.88. The summed E-state index contributed by atoms with van der Waals surface area (Å²) < 4.78 is 4.57. The Hall–Kier alpha value is -0.900. The van der Waals surface area contributed by atoms with Crippen LogP contribution in [0.3, 0.4) is 0 Å². The van der Waals surface area contributed by atoms with Crippen LogP contribution in [-0.2, 0) is 0 Å². The minimum absolute atomic E-state index is 0.00116. The van der Waals surface area contributed by atoms with E-state index in [0.717, 1.165) is 0 Å². The molecular weight excluding hydrogens is 130 g/mol. The lowest BCUT2D eigenvalue weighted by molar-refractivity contribution is 0.400. The minimum Gasteiger partial charge on any atom is -0.343 e. The lowest BCUT2D eigenvalue weighted by atomic mass is 10.2. The van der Waals surface area contributed by atoms with Crippen molar-refractivity contribution in [3.63, 3.8) is 0 Å². The van der Waals surface area contributed by atoms with Gasteiger partial charge in [-0.3, -0.25) is 0 Å². The van der Waals surface area contributed by atoms with E-state index in [9.17, 15) is 0 Å². The number of aromatic nitrogens is 2. The van der Waals surface area contributed by atoms with Gasteiger partial charge in [0, 0.05) is 0 Å². The molecule has 1 aliphatic carbocycles. The molecule has 0 radical (unpaired) electrons. The highest BCUT2D eigenvalue weighted by atomic mass is 16.5. The second kappa shape index (κ2) is 2.05. The van der Waals surface area contributed by atoms with Gasteiger partial charge in [-0.25, -0.2) is 0 Å². The molecule has 0 aromatic carbocycles. The van der Waals surface area contributed by atoms with Gasteiger partial charge >= 0.3 is 0 Å². The van der Waals surface area contributed by atoms with Gasteiger partial charge in [-0.2, -0.15) is 4.98 Å². The summed E-state index contributed by atoms with van der Waals surface area (Å²) in [4.78, 5) is 3.87. The van der Waals surface area contributed by atoms with Gasteiger partial charge < -0.3 is 10.3 Å². The standard InChI is InChI=1S/C6H9N3O/c7-5(4-1-2-4)6-8-3-10-9-6/h3-5H,1-2,7H2/t5-/m1/s1. The number of hydrogen-bond donors (Lipinski definition) is 1. The molecule has 2 N–H and O–H groups in total. The van der Waals surface area contributed by atoms with Crippen molar-refractivity contribution in [2.75, 3.05) is 0 Å². The molecule has 0 saturated heterocycles. The van der Waals surface area contributed by atoms with E-state index in [4.69, 9.17) is 5.73 Å². The van der Waals surface area contributed by atoms with Crippen molar-refractivity contribution in [3.8, 4) is 0 Å². The molecular formula is C6H9N3O. The van der Waals surface area contributed by atoms with Crippen molar-refractivity contribution < 1.29 is 4.52 Å². The molecule has 1 atom stereocenters. The van der Waals surface area contributed by atoms with Gasteiger partial charge in [0.15, 0.2) is 5.82 Å². The fraction of sp³-hybridized carbons (Fsp3) is 0.667. The highest BCUT2D eigenvalue weighted by Gasteiger charge is 2.31. The van der Waals surface area contributed by atoms with Crippen LogP contribution in [0.4, 0.5) is 0 Å². The first-order valence-electron chi connectivity index (χ1n) is 3.40. The third-order valence-electron chi connectivity index (χ3n) is 1.81. The Labute approximate surface area is 58.4 Å². The third kappa shape index (κ3) is 0.903. The van der Waals surface area contributed by atoms with Gasteiger partial charge in [0.25, 0.3) is 0 Å². The zero-order valence-electron chi connectivity index (χ0n) is 5.53. The van der Waals surface area contributed by atoms with Crippen LogP contribution in [0.25, 0.3) is 0 Å². The Bertz CT molecular complexity index is 205. The fourth-order valence-electron chi connectivity index (χ4n) is 0.992. The van der Waals surface area contributed by atoms with E-state index in [2.05, 4.69) is 14.7 Å². The summed E-state index contributed by atoms with van der Waals surface area (Å²) in [5, 5.41) is 3.67. The van der Waals surface area contributed by atoms with Crippen molar-refractivity contribution >= 4 is 0 Å². The van der Waals surface area contributed by atoms with Crippen molar-refractivity contribution in [3.05, 3.63) is 12.2 Å². The highest BCUT2D eigenvalue weighted by Crippen LogP contribution is 2.38. The topological polar surface area (TPSA) is 64.9 Å². The van der Waals surface area contributed by atoms with Gasteiger partial charge in [-0.15, -0.1) is 0 Å².